The van der Waals surface area contributed by atoms with Crippen molar-refractivity contribution in [1.29, 1.82) is 0 Å². The molecule has 25 heavy (non-hydrogen) atoms. The summed E-state index contributed by atoms with van der Waals surface area (Å²) in [6.45, 7) is 0.834. The lowest BCUT2D eigenvalue weighted by Gasteiger charge is -2.42. The smallest absolute Gasteiger partial charge is 0.347 e. The molecule has 142 valence electrons. The fourth-order valence-corrected chi connectivity index (χ4v) is 5.77. The summed E-state index contributed by atoms with van der Waals surface area (Å²) in [5, 5.41) is 0. The minimum atomic E-state index is -4.77. The fourth-order valence-electron chi connectivity index (χ4n) is 2.81. The Morgan fingerprint density at radius 1 is 1.40 bits per heavy atom. The summed E-state index contributed by atoms with van der Waals surface area (Å²) in [7, 11) is -4.63. The highest BCUT2D eigenvalue weighted by atomic mass is 32.2. The summed E-state index contributed by atoms with van der Waals surface area (Å²) in [5.74, 6) is -1.63. The summed E-state index contributed by atoms with van der Waals surface area (Å²) in [4.78, 5) is -0.716. The summed E-state index contributed by atoms with van der Waals surface area (Å²) >= 11 is -2.40. The van der Waals surface area contributed by atoms with Crippen LogP contribution in [0.25, 0.3) is 0 Å². The summed E-state index contributed by atoms with van der Waals surface area (Å²) in [5.41, 5.74) is -1.19. The van der Waals surface area contributed by atoms with E-state index in [-0.39, 0.29) is 13.0 Å². The molecule has 11 heteroatoms. The maximum absolute atomic E-state index is 14.4. The van der Waals surface area contributed by atoms with Gasteiger partial charge in [0.2, 0.25) is 6.36 Å². The Hall–Kier alpha value is -1.04. The molecule has 0 saturated carbocycles. The van der Waals surface area contributed by atoms with Crippen LogP contribution in [0.1, 0.15) is 18.9 Å². The monoisotopic (exact) mass is 404 g/mol. The quantitative estimate of drug-likeness (QED) is 0.617. The Morgan fingerprint density at radius 2 is 2.04 bits per heavy atom. The van der Waals surface area contributed by atoms with Crippen LogP contribution in [0.5, 0.6) is 0 Å². The SMILES string of the molecule is CC1(S(=O)(=O)c2cccc(C(F)(F)F)c2)C(CS(=O)O)CCOC1F. The average molecular weight is 404 g/mol. The van der Waals surface area contributed by atoms with E-state index in [0.29, 0.717) is 12.1 Å². The molecule has 1 aliphatic rings. The molecule has 5 nitrogen and oxygen atoms in total. The van der Waals surface area contributed by atoms with E-state index in [0.717, 1.165) is 19.1 Å². The van der Waals surface area contributed by atoms with E-state index in [2.05, 4.69) is 0 Å². The van der Waals surface area contributed by atoms with Gasteiger partial charge in [0.05, 0.1) is 22.8 Å². The zero-order valence-corrected chi connectivity index (χ0v) is 14.6. The topological polar surface area (TPSA) is 80.7 Å². The van der Waals surface area contributed by atoms with Crippen molar-refractivity contribution < 1.29 is 39.5 Å². The lowest BCUT2D eigenvalue weighted by Crippen LogP contribution is -2.56. The third kappa shape index (κ3) is 3.74. The Labute approximate surface area is 144 Å². The maximum atomic E-state index is 14.4. The normalized spacial score (nSPS) is 29.4. The first-order chi connectivity index (χ1) is 11.4. The summed E-state index contributed by atoms with van der Waals surface area (Å²) in [6.07, 6.45) is -7.12. The zero-order chi connectivity index (χ0) is 19.0. The molecule has 1 saturated heterocycles. The lowest BCUT2D eigenvalue weighted by molar-refractivity contribution is -0.137. The minimum absolute atomic E-state index is 0.0125. The number of rotatable bonds is 4. The highest BCUT2D eigenvalue weighted by Gasteiger charge is 2.56. The van der Waals surface area contributed by atoms with Crippen molar-refractivity contribution in [3.8, 4) is 0 Å². The first-order valence-electron chi connectivity index (χ1n) is 7.15. The Morgan fingerprint density at radius 3 is 2.60 bits per heavy atom. The molecule has 0 aromatic heterocycles. The molecule has 0 radical (unpaired) electrons. The molecule has 1 aromatic rings. The predicted octanol–water partition coefficient (Wildman–Crippen LogP) is 2.79. The van der Waals surface area contributed by atoms with Crippen LogP contribution in [-0.2, 0) is 31.8 Å². The molecule has 4 atom stereocenters. The minimum Gasteiger partial charge on any atom is -0.347 e. The van der Waals surface area contributed by atoms with Crippen LogP contribution in [0.15, 0.2) is 29.2 Å². The lowest BCUT2D eigenvalue weighted by atomic mass is 9.90. The number of hydrogen-bond donors (Lipinski definition) is 1. The van der Waals surface area contributed by atoms with Gasteiger partial charge in [-0.2, -0.15) is 13.2 Å². The van der Waals surface area contributed by atoms with Crippen LogP contribution in [-0.4, -0.2) is 40.6 Å². The van der Waals surface area contributed by atoms with E-state index in [1.165, 1.54) is 0 Å². The fraction of sp³-hybridized carbons (Fsp3) is 0.571. The van der Waals surface area contributed by atoms with Gasteiger partial charge in [0.1, 0.15) is 4.75 Å². The van der Waals surface area contributed by atoms with Gasteiger partial charge >= 0.3 is 6.18 Å². The molecule has 4 unspecified atom stereocenters. The molecule has 1 aromatic carbocycles. The van der Waals surface area contributed by atoms with E-state index in [1.807, 2.05) is 0 Å². The van der Waals surface area contributed by atoms with Crippen LogP contribution in [0.3, 0.4) is 0 Å². The first kappa shape index (κ1) is 20.3. The van der Waals surface area contributed by atoms with E-state index in [9.17, 15) is 30.2 Å². The van der Waals surface area contributed by atoms with Gasteiger partial charge < -0.3 is 9.29 Å². The Balaban J connectivity index is 2.56. The highest BCUT2D eigenvalue weighted by Crippen LogP contribution is 2.43. The van der Waals surface area contributed by atoms with Gasteiger partial charge in [0.15, 0.2) is 20.9 Å². The van der Waals surface area contributed by atoms with Crippen molar-refractivity contribution in [3.63, 3.8) is 0 Å². The number of halogens is 4. The van der Waals surface area contributed by atoms with Crippen molar-refractivity contribution in [2.75, 3.05) is 12.4 Å². The zero-order valence-electron chi connectivity index (χ0n) is 13.0. The Kier molecular flexibility index (Phi) is 5.62. The van der Waals surface area contributed by atoms with Crippen molar-refractivity contribution in [1.82, 2.24) is 0 Å². The molecule has 0 spiro atoms. The van der Waals surface area contributed by atoms with Crippen molar-refractivity contribution in [3.05, 3.63) is 29.8 Å². The number of alkyl halides is 4. The van der Waals surface area contributed by atoms with Crippen LogP contribution in [0.2, 0.25) is 0 Å². The molecule has 0 bridgehead atoms. The predicted molar refractivity (Wildman–Crippen MR) is 81.6 cm³/mol. The number of hydrogen-bond acceptors (Lipinski definition) is 4. The van der Waals surface area contributed by atoms with Gasteiger partial charge in [-0.25, -0.2) is 17.0 Å². The van der Waals surface area contributed by atoms with E-state index in [1.54, 1.807) is 0 Å². The second-order valence-electron chi connectivity index (χ2n) is 5.87. The van der Waals surface area contributed by atoms with Crippen molar-refractivity contribution in [2.24, 2.45) is 5.92 Å². The molecule has 1 fully saturated rings. The first-order valence-corrected chi connectivity index (χ1v) is 9.91. The van der Waals surface area contributed by atoms with Crippen molar-refractivity contribution >= 4 is 20.9 Å². The van der Waals surface area contributed by atoms with Gasteiger partial charge in [-0.3, -0.25) is 0 Å². The van der Waals surface area contributed by atoms with Crippen molar-refractivity contribution in [2.45, 2.75) is 35.5 Å². The molecular formula is C14H16F4O5S2. The molecule has 0 amide bonds. The second kappa shape index (κ2) is 6.93. The van der Waals surface area contributed by atoms with Crippen LogP contribution in [0.4, 0.5) is 17.6 Å². The van der Waals surface area contributed by atoms with Crippen LogP contribution >= 0.6 is 0 Å². The standard InChI is InChI=1S/C14H16F4O5S2/c1-13(10(8-24(19)20)5-6-23-12(13)15)25(21,22)11-4-2-3-9(7-11)14(16,17)18/h2-4,7,10,12H,5-6,8H2,1H3,(H,19,20). The van der Waals surface area contributed by atoms with E-state index in [4.69, 9.17) is 9.29 Å². The van der Waals surface area contributed by atoms with Gasteiger partial charge in [-0.1, -0.05) is 6.07 Å². The Bertz CT molecular complexity index is 765. The summed E-state index contributed by atoms with van der Waals surface area (Å²) < 4.78 is 102. The highest BCUT2D eigenvalue weighted by molar-refractivity contribution is 7.93. The van der Waals surface area contributed by atoms with E-state index >= 15 is 0 Å². The average Bonchev–Trinajstić information content (AvgIpc) is 2.50. The molecule has 2 rings (SSSR count). The van der Waals surface area contributed by atoms with Crippen LogP contribution < -0.4 is 0 Å². The molecule has 1 aliphatic heterocycles. The number of benzene rings is 1. The third-order valence-electron chi connectivity index (χ3n) is 4.39. The van der Waals surface area contributed by atoms with Crippen LogP contribution in [0, 0.1) is 5.92 Å². The second-order valence-corrected chi connectivity index (χ2v) is 9.21. The van der Waals surface area contributed by atoms with Gasteiger partial charge in [-0.15, -0.1) is 0 Å². The molecule has 0 aliphatic carbocycles. The van der Waals surface area contributed by atoms with Gasteiger partial charge in [0.25, 0.3) is 0 Å². The largest absolute Gasteiger partial charge is 0.416 e. The molecule has 1 N–H and O–H groups in total. The maximum Gasteiger partial charge on any atom is 0.416 e. The van der Waals surface area contributed by atoms with E-state index < -0.39 is 60.3 Å². The number of ether oxygens (including phenoxy) is 1. The molecular weight excluding hydrogens is 388 g/mol. The summed E-state index contributed by atoms with van der Waals surface area (Å²) in [6, 6.07) is 2.97. The van der Waals surface area contributed by atoms with Gasteiger partial charge in [0, 0.05) is 0 Å². The molecule has 1 heterocycles. The third-order valence-corrected chi connectivity index (χ3v) is 7.62. The van der Waals surface area contributed by atoms with Gasteiger partial charge in [-0.05, 0) is 37.5 Å². The number of sulfone groups is 1.